The molecule has 7 heteroatoms. The van der Waals surface area contributed by atoms with Gasteiger partial charge in [0, 0.05) is 12.2 Å². The number of urea groups is 1. The molecule has 0 saturated heterocycles. The molecular weight excluding hydrogens is 345 g/mol. The van der Waals surface area contributed by atoms with Crippen molar-refractivity contribution in [1.29, 1.82) is 0 Å². The van der Waals surface area contributed by atoms with Gasteiger partial charge in [0.15, 0.2) is 0 Å². The molecule has 140 valence electrons. The van der Waals surface area contributed by atoms with Gasteiger partial charge in [0.05, 0.1) is 0 Å². The maximum Gasteiger partial charge on any atom is 0.573 e. The van der Waals surface area contributed by atoms with Crippen molar-refractivity contribution in [3.05, 3.63) is 59.2 Å². The monoisotopic (exact) mass is 366 g/mol. The zero-order valence-corrected chi connectivity index (χ0v) is 14.8. The highest BCUT2D eigenvalue weighted by Gasteiger charge is 2.31. The molecule has 0 aliphatic carbocycles. The number of nitrogens with one attached hydrogen (secondary N) is 2. The molecule has 2 N–H and O–H groups in total. The minimum atomic E-state index is -4.75. The molecule has 26 heavy (non-hydrogen) atoms. The minimum Gasteiger partial charge on any atom is -0.406 e. The molecule has 0 aromatic heterocycles. The van der Waals surface area contributed by atoms with E-state index in [9.17, 15) is 18.0 Å². The number of hydrogen-bond donors (Lipinski definition) is 2. The van der Waals surface area contributed by atoms with Gasteiger partial charge in [-0.05, 0) is 41.7 Å². The van der Waals surface area contributed by atoms with Crippen LogP contribution in [0.2, 0.25) is 0 Å². The molecule has 0 unspecified atom stereocenters. The van der Waals surface area contributed by atoms with Crippen molar-refractivity contribution in [3.63, 3.8) is 0 Å². The zero-order valence-electron chi connectivity index (χ0n) is 14.8. The molecule has 2 rings (SSSR count). The number of halogens is 3. The van der Waals surface area contributed by atoms with Crippen LogP contribution in [0.4, 0.5) is 23.7 Å². The van der Waals surface area contributed by atoms with E-state index in [4.69, 9.17) is 0 Å². The third-order valence-corrected chi connectivity index (χ3v) is 3.75. The van der Waals surface area contributed by atoms with Crippen LogP contribution in [0.25, 0.3) is 0 Å². The number of benzene rings is 2. The SMILES string of the molecule is Cc1cccc(C(C)C)c1NC(=O)NCc1cccc(OC(F)(F)F)c1. The Morgan fingerprint density at radius 3 is 2.50 bits per heavy atom. The van der Waals surface area contributed by atoms with Gasteiger partial charge in [0.2, 0.25) is 0 Å². The predicted molar refractivity (Wildman–Crippen MR) is 94.3 cm³/mol. The van der Waals surface area contributed by atoms with Gasteiger partial charge in [-0.2, -0.15) is 0 Å². The van der Waals surface area contributed by atoms with Crippen molar-refractivity contribution in [2.75, 3.05) is 5.32 Å². The highest BCUT2D eigenvalue weighted by Crippen LogP contribution is 2.27. The molecule has 0 saturated carbocycles. The van der Waals surface area contributed by atoms with Gasteiger partial charge >= 0.3 is 12.4 Å². The van der Waals surface area contributed by atoms with Crippen LogP contribution in [0, 0.1) is 6.92 Å². The Labute approximate surface area is 150 Å². The number of amides is 2. The topological polar surface area (TPSA) is 50.4 Å². The van der Waals surface area contributed by atoms with E-state index in [-0.39, 0.29) is 18.2 Å². The highest BCUT2D eigenvalue weighted by molar-refractivity contribution is 5.91. The number of carbonyl (C=O) groups is 1. The number of aryl methyl sites for hydroxylation is 1. The van der Waals surface area contributed by atoms with Crippen molar-refractivity contribution in [2.24, 2.45) is 0 Å². The molecule has 0 fully saturated rings. The van der Waals surface area contributed by atoms with Gasteiger partial charge < -0.3 is 15.4 Å². The van der Waals surface area contributed by atoms with Crippen LogP contribution in [0.15, 0.2) is 42.5 Å². The van der Waals surface area contributed by atoms with Crippen LogP contribution in [0.5, 0.6) is 5.75 Å². The number of ether oxygens (including phenoxy) is 1. The molecule has 0 spiro atoms. The van der Waals surface area contributed by atoms with E-state index < -0.39 is 12.4 Å². The number of alkyl halides is 3. The summed E-state index contributed by atoms with van der Waals surface area (Å²) < 4.78 is 40.7. The molecular formula is C19H21F3N2O2. The summed E-state index contributed by atoms with van der Waals surface area (Å²) in [5, 5.41) is 5.47. The summed E-state index contributed by atoms with van der Waals surface area (Å²) in [6.07, 6.45) is -4.75. The first-order chi connectivity index (χ1) is 12.2. The Bertz CT molecular complexity index is 774. The van der Waals surface area contributed by atoms with Crippen LogP contribution in [-0.2, 0) is 6.54 Å². The number of carbonyl (C=O) groups excluding carboxylic acids is 1. The Morgan fingerprint density at radius 1 is 1.15 bits per heavy atom. The van der Waals surface area contributed by atoms with Crippen LogP contribution >= 0.6 is 0 Å². The second-order valence-electron chi connectivity index (χ2n) is 6.20. The van der Waals surface area contributed by atoms with Gasteiger partial charge in [-0.3, -0.25) is 0 Å². The predicted octanol–water partition coefficient (Wildman–Crippen LogP) is 5.34. The lowest BCUT2D eigenvalue weighted by molar-refractivity contribution is -0.274. The summed E-state index contributed by atoms with van der Waals surface area (Å²) in [6.45, 7) is 6.04. The maximum atomic E-state index is 12.3. The minimum absolute atomic E-state index is 0.0732. The lowest BCUT2D eigenvalue weighted by Gasteiger charge is -2.17. The lowest BCUT2D eigenvalue weighted by Crippen LogP contribution is -2.29. The van der Waals surface area contributed by atoms with E-state index in [1.54, 1.807) is 6.07 Å². The van der Waals surface area contributed by atoms with Crippen LogP contribution < -0.4 is 15.4 Å². The average Bonchev–Trinajstić information content (AvgIpc) is 2.53. The molecule has 4 nitrogen and oxygen atoms in total. The molecule has 2 amide bonds. The summed E-state index contributed by atoms with van der Waals surface area (Å²) in [5.74, 6) is -0.0837. The van der Waals surface area contributed by atoms with Gasteiger partial charge in [-0.25, -0.2) is 4.79 Å². The third-order valence-electron chi connectivity index (χ3n) is 3.75. The highest BCUT2D eigenvalue weighted by atomic mass is 19.4. The van der Waals surface area contributed by atoms with E-state index >= 15 is 0 Å². The van der Waals surface area contributed by atoms with Gasteiger partial charge in [-0.15, -0.1) is 13.2 Å². The molecule has 0 radical (unpaired) electrons. The number of para-hydroxylation sites is 1. The molecule has 0 atom stereocenters. The zero-order chi connectivity index (χ0) is 19.3. The molecule has 2 aromatic carbocycles. The van der Waals surface area contributed by atoms with E-state index in [0.29, 0.717) is 5.56 Å². The third kappa shape index (κ3) is 5.68. The molecule has 0 bridgehead atoms. The fourth-order valence-electron chi connectivity index (χ4n) is 2.53. The second-order valence-corrected chi connectivity index (χ2v) is 6.20. The Hall–Kier alpha value is -2.70. The number of rotatable bonds is 5. The molecule has 0 heterocycles. The number of hydrogen-bond acceptors (Lipinski definition) is 2. The Balaban J connectivity index is 2.01. The van der Waals surface area contributed by atoms with Gasteiger partial charge in [-0.1, -0.05) is 44.2 Å². The standard InChI is InChI=1S/C19H21F3N2O2/c1-12(2)16-9-4-6-13(3)17(16)24-18(25)23-11-14-7-5-8-15(10-14)26-19(20,21)22/h4-10,12H,11H2,1-3H3,(H2,23,24,25). The van der Waals surface area contributed by atoms with Crippen molar-refractivity contribution in [1.82, 2.24) is 5.32 Å². The summed E-state index contributed by atoms with van der Waals surface area (Å²) in [5.41, 5.74) is 3.19. The number of anilines is 1. The van der Waals surface area contributed by atoms with Crippen molar-refractivity contribution in [2.45, 2.75) is 39.6 Å². The first-order valence-corrected chi connectivity index (χ1v) is 8.15. The lowest BCUT2D eigenvalue weighted by atomic mass is 9.98. The first-order valence-electron chi connectivity index (χ1n) is 8.15. The summed E-state index contributed by atoms with van der Waals surface area (Å²) >= 11 is 0. The largest absolute Gasteiger partial charge is 0.573 e. The average molecular weight is 366 g/mol. The van der Waals surface area contributed by atoms with E-state index in [1.165, 1.54) is 18.2 Å². The summed E-state index contributed by atoms with van der Waals surface area (Å²) in [7, 11) is 0. The Morgan fingerprint density at radius 2 is 1.85 bits per heavy atom. The molecule has 0 aliphatic heterocycles. The van der Waals surface area contributed by atoms with Gasteiger partial charge in [0.1, 0.15) is 5.75 Å². The van der Waals surface area contributed by atoms with E-state index in [2.05, 4.69) is 15.4 Å². The van der Waals surface area contributed by atoms with E-state index in [1.807, 2.05) is 39.0 Å². The summed E-state index contributed by atoms with van der Waals surface area (Å²) in [4.78, 5) is 12.2. The normalized spacial score (nSPS) is 11.3. The van der Waals surface area contributed by atoms with Gasteiger partial charge in [0.25, 0.3) is 0 Å². The van der Waals surface area contributed by atoms with Crippen molar-refractivity contribution >= 4 is 11.7 Å². The van der Waals surface area contributed by atoms with E-state index in [0.717, 1.165) is 16.8 Å². The van der Waals surface area contributed by atoms with Crippen LogP contribution in [-0.4, -0.2) is 12.4 Å². The fourth-order valence-corrected chi connectivity index (χ4v) is 2.53. The van der Waals surface area contributed by atoms with Crippen LogP contribution in [0.3, 0.4) is 0 Å². The Kier molecular flexibility index (Phi) is 6.13. The smallest absolute Gasteiger partial charge is 0.406 e. The second kappa shape index (κ2) is 8.12. The molecule has 2 aromatic rings. The van der Waals surface area contributed by atoms with Crippen molar-refractivity contribution < 1.29 is 22.7 Å². The quantitative estimate of drug-likeness (QED) is 0.751. The first kappa shape index (κ1) is 19.6. The summed E-state index contributed by atoms with van der Waals surface area (Å²) in [6, 6.07) is 10.8. The van der Waals surface area contributed by atoms with Crippen LogP contribution in [0.1, 0.15) is 36.5 Å². The fraction of sp³-hybridized carbons (Fsp3) is 0.316. The van der Waals surface area contributed by atoms with Crippen molar-refractivity contribution in [3.8, 4) is 5.75 Å². The molecule has 0 aliphatic rings. The maximum absolute atomic E-state index is 12.3.